The van der Waals surface area contributed by atoms with Crippen molar-refractivity contribution in [2.24, 2.45) is 0 Å². The van der Waals surface area contributed by atoms with Crippen molar-refractivity contribution < 1.29 is 19.4 Å². The predicted octanol–water partition coefficient (Wildman–Crippen LogP) is 2.73. The van der Waals surface area contributed by atoms with Gasteiger partial charge in [0.1, 0.15) is 0 Å². The summed E-state index contributed by atoms with van der Waals surface area (Å²) in [5.41, 5.74) is 3.12. The van der Waals surface area contributed by atoms with Gasteiger partial charge in [-0.3, -0.25) is 4.79 Å². The van der Waals surface area contributed by atoms with Gasteiger partial charge in [-0.05, 0) is 30.0 Å². The van der Waals surface area contributed by atoms with E-state index in [9.17, 15) is 9.59 Å². The molecular formula is C16H19NO4. The molecule has 5 heteroatoms. The summed E-state index contributed by atoms with van der Waals surface area (Å²) < 4.78 is 4.74. The summed E-state index contributed by atoms with van der Waals surface area (Å²) in [6, 6.07) is 7.77. The van der Waals surface area contributed by atoms with E-state index in [0.29, 0.717) is 19.5 Å². The third kappa shape index (κ3) is 3.42. The van der Waals surface area contributed by atoms with Crippen LogP contribution in [0.5, 0.6) is 0 Å². The number of ether oxygens (including phenoxy) is 1. The standard InChI is InChI=1S/C16H19NO4/c1-11(15(18)21-2)12-3-5-13(6-4-12)14-7-9-17(10-8-14)16(19)20/h3-7,11H,8-10H2,1-2H3,(H,19,20). The number of hydrogen-bond acceptors (Lipinski definition) is 3. The lowest BCUT2D eigenvalue weighted by molar-refractivity contribution is -0.141. The molecule has 1 N–H and O–H groups in total. The molecule has 0 radical (unpaired) electrons. The maximum atomic E-state index is 11.5. The number of carbonyl (C=O) groups excluding carboxylic acids is 1. The Bertz CT molecular complexity index is 562. The van der Waals surface area contributed by atoms with Gasteiger partial charge in [0.25, 0.3) is 0 Å². The molecule has 0 saturated heterocycles. The molecule has 1 unspecified atom stereocenters. The van der Waals surface area contributed by atoms with Gasteiger partial charge in [-0.15, -0.1) is 0 Å². The Morgan fingerprint density at radius 3 is 2.43 bits per heavy atom. The molecule has 1 amide bonds. The highest BCUT2D eigenvalue weighted by atomic mass is 16.5. The summed E-state index contributed by atoms with van der Waals surface area (Å²) in [7, 11) is 1.38. The van der Waals surface area contributed by atoms with Crippen LogP contribution in [0.3, 0.4) is 0 Å². The van der Waals surface area contributed by atoms with Gasteiger partial charge in [0.2, 0.25) is 0 Å². The van der Waals surface area contributed by atoms with Crippen molar-refractivity contribution in [3.8, 4) is 0 Å². The normalized spacial score (nSPS) is 16.1. The minimum atomic E-state index is -0.882. The fraction of sp³-hybridized carbons (Fsp3) is 0.375. The summed E-state index contributed by atoms with van der Waals surface area (Å²) in [6.07, 6.45) is 1.77. The quantitative estimate of drug-likeness (QED) is 0.869. The molecule has 5 nitrogen and oxygen atoms in total. The molecule has 0 fully saturated rings. The van der Waals surface area contributed by atoms with Gasteiger partial charge in [-0.1, -0.05) is 30.3 Å². The molecule has 0 aromatic heterocycles. The highest BCUT2D eigenvalue weighted by molar-refractivity contribution is 5.78. The molecule has 1 aliphatic heterocycles. The first-order valence-corrected chi connectivity index (χ1v) is 6.88. The van der Waals surface area contributed by atoms with E-state index in [1.807, 2.05) is 37.3 Å². The van der Waals surface area contributed by atoms with E-state index >= 15 is 0 Å². The highest BCUT2D eigenvalue weighted by Gasteiger charge is 2.18. The largest absolute Gasteiger partial charge is 0.469 e. The number of amides is 1. The summed E-state index contributed by atoms with van der Waals surface area (Å²) in [5, 5.41) is 8.92. The molecule has 1 heterocycles. The zero-order valence-corrected chi connectivity index (χ0v) is 12.2. The Kier molecular flexibility index (Phi) is 4.62. The number of nitrogens with zero attached hydrogens (tertiary/aromatic N) is 1. The first kappa shape index (κ1) is 15.1. The van der Waals surface area contributed by atoms with Crippen LogP contribution in [0.2, 0.25) is 0 Å². The summed E-state index contributed by atoms with van der Waals surface area (Å²) >= 11 is 0. The summed E-state index contributed by atoms with van der Waals surface area (Å²) in [4.78, 5) is 23.8. The number of esters is 1. The van der Waals surface area contributed by atoms with Crippen LogP contribution < -0.4 is 0 Å². The molecule has 0 aliphatic carbocycles. The molecule has 21 heavy (non-hydrogen) atoms. The van der Waals surface area contributed by atoms with E-state index in [1.54, 1.807) is 0 Å². The average Bonchev–Trinajstić information content (AvgIpc) is 2.53. The lowest BCUT2D eigenvalue weighted by atomic mass is 9.95. The number of carboxylic acid groups (broad SMARTS) is 1. The van der Waals surface area contributed by atoms with Gasteiger partial charge in [0.05, 0.1) is 13.0 Å². The number of benzene rings is 1. The third-order valence-corrected chi connectivity index (χ3v) is 3.82. The maximum absolute atomic E-state index is 11.5. The second kappa shape index (κ2) is 6.43. The Hall–Kier alpha value is -2.30. The number of hydrogen-bond donors (Lipinski definition) is 1. The van der Waals surface area contributed by atoms with E-state index in [4.69, 9.17) is 9.84 Å². The van der Waals surface area contributed by atoms with Gasteiger partial charge in [0.15, 0.2) is 0 Å². The van der Waals surface area contributed by atoms with E-state index < -0.39 is 6.09 Å². The molecule has 1 aromatic rings. The van der Waals surface area contributed by atoms with Crippen LogP contribution >= 0.6 is 0 Å². The summed E-state index contributed by atoms with van der Waals surface area (Å²) in [6.45, 7) is 2.75. The number of rotatable bonds is 3. The van der Waals surface area contributed by atoms with Gasteiger partial charge < -0.3 is 14.7 Å². The Labute approximate surface area is 123 Å². The Morgan fingerprint density at radius 2 is 1.95 bits per heavy atom. The molecular weight excluding hydrogens is 270 g/mol. The van der Waals surface area contributed by atoms with Crippen molar-refractivity contribution >= 4 is 17.6 Å². The number of carbonyl (C=O) groups is 2. The highest BCUT2D eigenvalue weighted by Crippen LogP contribution is 2.25. The smallest absolute Gasteiger partial charge is 0.407 e. The molecule has 1 atom stereocenters. The number of methoxy groups -OCH3 is 1. The second-order valence-electron chi connectivity index (χ2n) is 5.07. The van der Waals surface area contributed by atoms with Crippen molar-refractivity contribution in [1.29, 1.82) is 0 Å². The van der Waals surface area contributed by atoms with E-state index in [2.05, 4.69) is 0 Å². The van der Waals surface area contributed by atoms with Crippen LogP contribution in [0.4, 0.5) is 4.79 Å². The molecule has 0 spiro atoms. The third-order valence-electron chi connectivity index (χ3n) is 3.82. The van der Waals surface area contributed by atoms with Crippen LogP contribution in [0.25, 0.3) is 5.57 Å². The molecule has 1 aliphatic rings. The van der Waals surface area contributed by atoms with Crippen molar-refractivity contribution in [2.45, 2.75) is 19.3 Å². The van der Waals surface area contributed by atoms with Crippen LogP contribution in [-0.4, -0.2) is 42.3 Å². The molecule has 0 saturated carbocycles. The molecule has 112 valence electrons. The first-order chi connectivity index (χ1) is 10.0. The van der Waals surface area contributed by atoms with Gasteiger partial charge in [-0.2, -0.15) is 0 Å². The van der Waals surface area contributed by atoms with Crippen LogP contribution in [0, 0.1) is 0 Å². The Balaban J connectivity index is 2.10. The van der Waals surface area contributed by atoms with Crippen LogP contribution in [-0.2, 0) is 9.53 Å². The van der Waals surface area contributed by atoms with E-state index in [0.717, 1.165) is 16.7 Å². The predicted molar refractivity (Wildman–Crippen MR) is 79.1 cm³/mol. The van der Waals surface area contributed by atoms with Crippen molar-refractivity contribution in [3.05, 3.63) is 41.5 Å². The minimum absolute atomic E-state index is 0.253. The van der Waals surface area contributed by atoms with Gasteiger partial charge in [-0.25, -0.2) is 4.79 Å². The van der Waals surface area contributed by atoms with Crippen molar-refractivity contribution in [1.82, 2.24) is 4.90 Å². The lowest BCUT2D eigenvalue weighted by Crippen LogP contribution is -2.33. The zero-order chi connectivity index (χ0) is 15.4. The van der Waals surface area contributed by atoms with Gasteiger partial charge in [0, 0.05) is 13.1 Å². The zero-order valence-electron chi connectivity index (χ0n) is 12.2. The SMILES string of the molecule is COC(=O)C(C)c1ccc(C2=CCN(C(=O)O)CC2)cc1. The van der Waals surface area contributed by atoms with Crippen LogP contribution in [0.15, 0.2) is 30.3 Å². The molecule has 1 aromatic carbocycles. The van der Waals surface area contributed by atoms with Crippen LogP contribution in [0.1, 0.15) is 30.4 Å². The molecule has 0 bridgehead atoms. The van der Waals surface area contributed by atoms with E-state index in [-0.39, 0.29) is 11.9 Å². The van der Waals surface area contributed by atoms with E-state index in [1.165, 1.54) is 12.0 Å². The molecule has 2 rings (SSSR count). The second-order valence-corrected chi connectivity index (χ2v) is 5.07. The van der Waals surface area contributed by atoms with Crippen molar-refractivity contribution in [2.75, 3.05) is 20.2 Å². The minimum Gasteiger partial charge on any atom is -0.469 e. The fourth-order valence-corrected chi connectivity index (χ4v) is 2.40. The fourth-order valence-electron chi connectivity index (χ4n) is 2.40. The van der Waals surface area contributed by atoms with Crippen molar-refractivity contribution in [3.63, 3.8) is 0 Å². The Morgan fingerprint density at radius 1 is 1.29 bits per heavy atom. The first-order valence-electron chi connectivity index (χ1n) is 6.88. The average molecular weight is 289 g/mol. The topological polar surface area (TPSA) is 66.8 Å². The van der Waals surface area contributed by atoms with Gasteiger partial charge >= 0.3 is 12.1 Å². The monoisotopic (exact) mass is 289 g/mol. The maximum Gasteiger partial charge on any atom is 0.407 e. The summed E-state index contributed by atoms with van der Waals surface area (Å²) in [5.74, 6) is -0.538. The lowest BCUT2D eigenvalue weighted by Gasteiger charge is -2.24.